The first kappa shape index (κ1) is 19.5. The molecule has 0 bridgehead atoms. The number of carbonyl (C=O) groups is 2. The Hall–Kier alpha value is -3.30. The van der Waals surface area contributed by atoms with Crippen LogP contribution < -0.4 is 5.32 Å². The molecule has 1 atom stereocenters. The Balaban J connectivity index is 1.70. The second-order valence-corrected chi connectivity index (χ2v) is 6.74. The molecule has 1 unspecified atom stereocenters. The number of pyridine rings is 1. The summed E-state index contributed by atoms with van der Waals surface area (Å²) in [7, 11) is 0. The Morgan fingerprint density at radius 2 is 2.00 bits per heavy atom. The van der Waals surface area contributed by atoms with E-state index in [4.69, 9.17) is 16.3 Å². The number of benzene rings is 1. The van der Waals surface area contributed by atoms with Crippen molar-refractivity contribution in [1.82, 2.24) is 9.72 Å². The van der Waals surface area contributed by atoms with E-state index in [9.17, 15) is 14.9 Å². The third-order valence-electron chi connectivity index (χ3n) is 4.28. The molecule has 2 aromatic heterocycles. The average molecular weight is 396 g/mol. The highest BCUT2D eigenvalue weighted by molar-refractivity contribution is 6.30. The summed E-state index contributed by atoms with van der Waals surface area (Å²) in [5.41, 5.74) is 2.62. The molecular formula is C21H18ClN3O3. The first-order chi connectivity index (χ1) is 13.5. The van der Waals surface area contributed by atoms with Crippen molar-refractivity contribution in [3.05, 3.63) is 76.6 Å². The predicted molar refractivity (Wildman–Crippen MR) is 105 cm³/mol. The third kappa shape index (κ3) is 4.51. The van der Waals surface area contributed by atoms with Crippen molar-refractivity contribution in [3.8, 4) is 6.07 Å². The van der Waals surface area contributed by atoms with Crippen molar-refractivity contribution in [1.29, 1.82) is 5.26 Å². The summed E-state index contributed by atoms with van der Waals surface area (Å²) in [6.45, 7) is 1.37. The summed E-state index contributed by atoms with van der Waals surface area (Å²) >= 11 is 5.90. The van der Waals surface area contributed by atoms with E-state index in [0.717, 1.165) is 11.1 Å². The normalized spacial score (nSPS) is 11.6. The summed E-state index contributed by atoms with van der Waals surface area (Å²) in [4.78, 5) is 23.9. The molecule has 0 fully saturated rings. The molecule has 1 amide bonds. The number of nitrogens with one attached hydrogen (secondary N) is 1. The largest absolute Gasteiger partial charge is 0.461 e. The van der Waals surface area contributed by atoms with E-state index in [1.54, 1.807) is 30.5 Å². The van der Waals surface area contributed by atoms with E-state index in [1.807, 2.05) is 28.8 Å². The number of nitriles is 1. The molecule has 0 saturated heterocycles. The monoisotopic (exact) mass is 395 g/mol. The number of nitrogens with zero attached hydrogens (tertiary/aromatic N) is 2. The van der Waals surface area contributed by atoms with Crippen LogP contribution in [0.15, 0.2) is 54.9 Å². The third-order valence-corrected chi connectivity index (χ3v) is 4.54. The molecule has 2 heterocycles. The van der Waals surface area contributed by atoms with Crippen molar-refractivity contribution in [3.63, 3.8) is 0 Å². The number of carbonyl (C=O) groups excluding carboxylic acids is 2. The fourth-order valence-corrected chi connectivity index (χ4v) is 3.12. The van der Waals surface area contributed by atoms with Gasteiger partial charge < -0.3 is 14.5 Å². The van der Waals surface area contributed by atoms with Crippen LogP contribution in [0.4, 0.5) is 0 Å². The molecule has 3 rings (SSSR count). The van der Waals surface area contributed by atoms with Gasteiger partial charge in [0.1, 0.15) is 12.7 Å². The summed E-state index contributed by atoms with van der Waals surface area (Å²) in [6, 6.07) is 14.1. The number of amides is 1. The van der Waals surface area contributed by atoms with Gasteiger partial charge in [-0.2, -0.15) is 5.26 Å². The molecular weight excluding hydrogens is 378 g/mol. The Morgan fingerprint density at radius 3 is 2.68 bits per heavy atom. The molecule has 3 aromatic rings. The molecule has 28 heavy (non-hydrogen) atoms. The summed E-state index contributed by atoms with van der Waals surface area (Å²) in [6.07, 6.45) is 3.57. The molecule has 1 aromatic carbocycles. The van der Waals surface area contributed by atoms with E-state index in [2.05, 4.69) is 11.4 Å². The zero-order chi connectivity index (χ0) is 20.1. The number of esters is 1. The lowest BCUT2D eigenvalue weighted by atomic mass is 10.0. The predicted octanol–water partition coefficient (Wildman–Crippen LogP) is 3.78. The number of hydrogen-bond acceptors (Lipinski definition) is 4. The Kier molecular flexibility index (Phi) is 5.97. The highest BCUT2D eigenvalue weighted by Gasteiger charge is 2.19. The van der Waals surface area contributed by atoms with Gasteiger partial charge in [-0.3, -0.25) is 9.59 Å². The van der Waals surface area contributed by atoms with Gasteiger partial charge in [0, 0.05) is 29.9 Å². The smallest absolute Gasteiger partial charge is 0.308 e. The molecule has 1 N–H and O–H groups in total. The minimum Gasteiger partial charge on any atom is -0.461 e. The fraction of sp³-hybridized carbons (Fsp3) is 0.190. The quantitative estimate of drug-likeness (QED) is 0.644. The molecule has 6 nitrogen and oxygen atoms in total. The average Bonchev–Trinajstić information content (AvgIpc) is 3.03. The van der Waals surface area contributed by atoms with Crippen LogP contribution >= 0.6 is 11.6 Å². The minimum atomic E-state index is -0.522. The highest BCUT2D eigenvalue weighted by atomic mass is 35.5. The van der Waals surface area contributed by atoms with Crippen LogP contribution in [0.5, 0.6) is 0 Å². The lowest BCUT2D eigenvalue weighted by Gasteiger charge is -2.17. The number of aromatic nitrogens is 1. The number of rotatable bonds is 6. The van der Waals surface area contributed by atoms with Gasteiger partial charge in [-0.25, -0.2) is 0 Å². The van der Waals surface area contributed by atoms with Crippen LogP contribution in [0.3, 0.4) is 0 Å². The molecule has 0 saturated carbocycles. The fourth-order valence-electron chi connectivity index (χ4n) is 2.99. The van der Waals surface area contributed by atoms with Gasteiger partial charge in [0.25, 0.3) is 0 Å². The van der Waals surface area contributed by atoms with E-state index in [1.165, 1.54) is 6.92 Å². The van der Waals surface area contributed by atoms with Gasteiger partial charge in [0.15, 0.2) is 0 Å². The van der Waals surface area contributed by atoms with Crippen molar-refractivity contribution in [2.45, 2.75) is 26.0 Å². The SMILES string of the molecule is CC(=O)NC(CC(=O)OCc1cn2ccccc2c1C#N)c1ccc(Cl)cc1. The van der Waals surface area contributed by atoms with E-state index >= 15 is 0 Å². The minimum absolute atomic E-state index is 0.0170. The van der Waals surface area contributed by atoms with Gasteiger partial charge in [-0.1, -0.05) is 29.8 Å². The maximum Gasteiger partial charge on any atom is 0.308 e. The molecule has 0 aliphatic rings. The number of halogens is 1. The molecule has 0 aliphatic carbocycles. The summed E-state index contributed by atoms with van der Waals surface area (Å²) in [5, 5.41) is 12.7. The van der Waals surface area contributed by atoms with Crippen molar-refractivity contribution in [2.75, 3.05) is 0 Å². The second-order valence-electron chi connectivity index (χ2n) is 6.30. The lowest BCUT2D eigenvalue weighted by molar-refractivity contribution is -0.145. The topological polar surface area (TPSA) is 83.6 Å². The summed E-state index contributed by atoms with van der Waals surface area (Å²) in [5.74, 6) is -0.731. The molecule has 142 valence electrons. The second kappa shape index (κ2) is 8.59. The first-order valence-corrected chi connectivity index (χ1v) is 9.02. The van der Waals surface area contributed by atoms with Crippen molar-refractivity contribution in [2.24, 2.45) is 0 Å². The van der Waals surface area contributed by atoms with E-state index in [-0.39, 0.29) is 18.9 Å². The van der Waals surface area contributed by atoms with Gasteiger partial charge >= 0.3 is 5.97 Å². The van der Waals surface area contributed by atoms with Gasteiger partial charge in [0.2, 0.25) is 5.91 Å². The molecule has 0 aliphatic heterocycles. The van der Waals surface area contributed by atoms with E-state index < -0.39 is 12.0 Å². The van der Waals surface area contributed by atoms with E-state index in [0.29, 0.717) is 16.1 Å². The van der Waals surface area contributed by atoms with Gasteiger partial charge in [-0.05, 0) is 29.8 Å². The van der Waals surface area contributed by atoms with Crippen LogP contribution in [-0.4, -0.2) is 16.3 Å². The van der Waals surface area contributed by atoms with Crippen LogP contribution in [0, 0.1) is 11.3 Å². The molecule has 0 radical (unpaired) electrons. The first-order valence-electron chi connectivity index (χ1n) is 8.65. The highest BCUT2D eigenvalue weighted by Crippen LogP contribution is 2.22. The maximum absolute atomic E-state index is 12.4. The van der Waals surface area contributed by atoms with Gasteiger partial charge in [-0.15, -0.1) is 0 Å². The Morgan fingerprint density at radius 1 is 1.25 bits per heavy atom. The molecule has 7 heteroatoms. The Labute approximate surface area is 167 Å². The summed E-state index contributed by atoms with van der Waals surface area (Å²) < 4.78 is 7.19. The standard InChI is InChI=1S/C21H18ClN3O3/c1-14(26)24-19(15-5-7-17(22)8-6-15)10-21(27)28-13-16-12-25-9-3-2-4-20(25)18(16)11-23/h2-9,12,19H,10,13H2,1H3,(H,24,26). The number of hydrogen-bond donors (Lipinski definition) is 1. The number of ether oxygens (including phenoxy) is 1. The van der Waals surface area contributed by atoms with Crippen LogP contribution in [-0.2, 0) is 20.9 Å². The zero-order valence-corrected chi connectivity index (χ0v) is 15.9. The Bertz CT molecular complexity index is 1050. The molecule has 0 spiro atoms. The lowest BCUT2D eigenvalue weighted by Crippen LogP contribution is -2.28. The van der Waals surface area contributed by atoms with Crippen LogP contribution in [0.25, 0.3) is 5.52 Å². The van der Waals surface area contributed by atoms with Gasteiger partial charge in [0.05, 0.1) is 23.5 Å². The zero-order valence-electron chi connectivity index (χ0n) is 15.2. The number of fused-ring (bicyclic) bond motifs is 1. The van der Waals surface area contributed by atoms with Crippen molar-refractivity contribution < 1.29 is 14.3 Å². The van der Waals surface area contributed by atoms with Crippen LogP contribution in [0.2, 0.25) is 5.02 Å². The van der Waals surface area contributed by atoms with Crippen LogP contribution in [0.1, 0.15) is 36.1 Å². The maximum atomic E-state index is 12.4. The van der Waals surface area contributed by atoms with Crippen molar-refractivity contribution >= 4 is 29.0 Å².